The zero-order valence-corrected chi connectivity index (χ0v) is 13.6. The molecule has 0 fully saturated rings. The Hall–Kier alpha value is -1.21. The maximum atomic E-state index is 4.66. The van der Waals surface area contributed by atoms with Gasteiger partial charge in [-0.3, -0.25) is 0 Å². The summed E-state index contributed by atoms with van der Waals surface area (Å²) in [6.45, 7) is 7.26. The summed E-state index contributed by atoms with van der Waals surface area (Å²) in [6.07, 6.45) is 3.01. The van der Waals surface area contributed by atoms with Gasteiger partial charge < -0.3 is 5.32 Å². The number of aromatic nitrogens is 4. The Kier molecular flexibility index (Phi) is 5.72. The summed E-state index contributed by atoms with van der Waals surface area (Å²) in [5, 5.41) is 12.3. The molecule has 0 saturated heterocycles. The summed E-state index contributed by atoms with van der Waals surface area (Å²) in [5.74, 6) is 1.83. The Morgan fingerprint density at radius 3 is 2.75 bits per heavy atom. The fourth-order valence-corrected chi connectivity index (χ4v) is 3.17. The van der Waals surface area contributed by atoms with Crippen molar-refractivity contribution < 1.29 is 0 Å². The molecule has 0 aliphatic rings. The van der Waals surface area contributed by atoms with Crippen molar-refractivity contribution in [3.05, 3.63) is 16.9 Å². The van der Waals surface area contributed by atoms with Crippen LogP contribution in [0.5, 0.6) is 0 Å². The number of hydrogen-bond donors (Lipinski definition) is 1. The van der Waals surface area contributed by atoms with Crippen LogP contribution in [0.2, 0.25) is 0 Å². The molecule has 2 heterocycles. The van der Waals surface area contributed by atoms with Crippen molar-refractivity contribution in [3.8, 4) is 0 Å². The predicted molar refractivity (Wildman–Crippen MR) is 83.6 cm³/mol. The molecule has 0 spiro atoms. The predicted octanol–water partition coefficient (Wildman–Crippen LogP) is 3.56. The van der Waals surface area contributed by atoms with Crippen molar-refractivity contribution in [1.82, 2.24) is 20.2 Å². The van der Waals surface area contributed by atoms with Gasteiger partial charge in [0.1, 0.15) is 22.2 Å². The average Bonchev–Trinajstić information content (AvgIpc) is 2.94. The van der Waals surface area contributed by atoms with E-state index >= 15 is 0 Å². The summed E-state index contributed by atoms with van der Waals surface area (Å²) in [5.41, 5.74) is 2.82. The molecule has 0 amide bonds. The monoisotopic (exact) mass is 309 g/mol. The van der Waals surface area contributed by atoms with Crippen LogP contribution in [0.25, 0.3) is 0 Å². The summed E-state index contributed by atoms with van der Waals surface area (Å²) in [6, 6.07) is 0. The van der Waals surface area contributed by atoms with Crippen LogP contribution in [-0.4, -0.2) is 26.7 Å². The standard InChI is InChI=1S/C13H19N5S2/c1-4-6-10-16-11(14-7-5-2)9(3)12(17-10)20-13-18-15-8-19-13/h8H,4-7H2,1-3H3,(H,14,16,17). The van der Waals surface area contributed by atoms with Crippen LogP contribution in [0.4, 0.5) is 5.82 Å². The van der Waals surface area contributed by atoms with E-state index in [0.717, 1.165) is 52.4 Å². The van der Waals surface area contributed by atoms with Crippen molar-refractivity contribution in [2.24, 2.45) is 0 Å². The molecule has 2 aromatic heterocycles. The highest BCUT2D eigenvalue weighted by molar-refractivity contribution is 8.01. The number of hydrogen-bond acceptors (Lipinski definition) is 7. The number of nitrogens with one attached hydrogen (secondary N) is 1. The van der Waals surface area contributed by atoms with E-state index in [1.807, 2.05) is 0 Å². The minimum atomic E-state index is 0.892. The zero-order valence-electron chi connectivity index (χ0n) is 12.0. The van der Waals surface area contributed by atoms with Crippen LogP contribution in [0.3, 0.4) is 0 Å². The third-order valence-corrected chi connectivity index (χ3v) is 4.56. The SMILES string of the molecule is CCCNc1nc(CCC)nc(Sc2nncs2)c1C. The van der Waals surface area contributed by atoms with Gasteiger partial charge in [0.2, 0.25) is 0 Å². The second-order valence-electron chi connectivity index (χ2n) is 4.40. The second kappa shape index (κ2) is 7.54. The van der Waals surface area contributed by atoms with Gasteiger partial charge in [0.25, 0.3) is 0 Å². The van der Waals surface area contributed by atoms with Crippen molar-refractivity contribution in [1.29, 1.82) is 0 Å². The van der Waals surface area contributed by atoms with Gasteiger partial charge in [-0.15, -0.1) is 10.2 Å². The number of anilines is 1. The molecule has 108 valence electrons. The first-order valence-corrected chi connectivity index (χ1v) is 8.49. The fraction of sp³-hybridized carbons (Fsp3) is 0.538. The van der Waals surface area contributed by atoms with Gasteiger partial charge in [0, 0.05) is 18.5 Å². The lowest BCUT2D eigenvalue weighted by Gasteiger charge is -2.12. The van der Waals surface area contributed by atoms with E-state index in [1.165, 1.54) is 11.3 Å². The Morgan fingerprint density at radius 1 is 1.25 bits per heavy atom. The zero-order chi connectivity index (χ0) is 14.4. The number of rotatable bonds is 7. The van der Waals surface area contributed by atoms with Crippen LogP contribution >= 0.6 is 23.1 Å². The Balaban J connectivity index is 2.29. The van der Waals surface area contributed by atoms with E-state index in [1.54, 1.807) is 17.3 Å². The van der Waals surface area contributed by atoms with Gasteiger partial charge in [0.15, 0.2) is 4.34 Å². The molecular weight excluding hydrogens is 290 g/mol. The third kappa shape index (κ3) is 3.89. The molecule has 0 aliphatic heterocycles. The van der Waals surface area contributed by atoms with Crippen LogP contribution in [0, 0.1) is 6.92 Å². The molecule has 2 rings (SSSR count). The first-order chi connectivity index (χ1) is 9.74. The van der Waals surface area contributed by atoms with Gasteiger partial charge in [-0.05, 0) is 31.5 Å². The molecule has 0 aliphatic carbocycles. The molecule has 0 unspecified atom stereocenters. The first-order valence-electron chi connectivity index (χ1n) is 6.80. The Morgan fingerprint density at radius 2 is 2.10 bits per heavy atom. The van der Waals surface area contributed by atoms with Gasteiger partial charge in [-0.25, -0.2) is 9.97 Å². The van der Waals surface area contributed by atoms with E-state index in [0.29, 0.717) is 0 Å². The quantitative estimate of drug-likeness (QED) is 0.789. The summed E-state index contributed by atoms with van der Waals surface area (Å²) < 4.78 is 0.913. The van der Waals surface area contributed by atoms with Gasteiger partial charge >= 0.3 is 0 Å². The third-order valence-electron chi connectivity index (χ3n) is 2.69. The molecule has 20 heavy (non-hydrogen) atoms. The normalized spacial score (nSPS) is 10.8. The van der Waals surface area contributed by atoms with E-state index in [-0.39, 0.29) is 0 Å². The lowest BCUT2D eigenvalue weighted by molar-refractivity contribution is 0.799. The minimum absolute atomic E-state index is 0.892. The van der Waals surface area contributed by atoms with Gasteiger partial charge in [-0.1, -0.05) is 25.2 Å². The summed E-state index contributed by atoms with van der Waals surface area (Å²) in [7, 11) is 0. The maximum Gasteiger partial charge on any atom is 0.180 e. The molecule has 1 N–H and O–H groups in total. The van der Waals surface area contributed by atoms with E-state index in [2.05, 4.69) is 46.3 Å². The Bertz CT molecular complexity index is 542. The smallest absolute Gasteiger partial charge is 0.180 e. The highest BCUT2D eigenvalue weighted by atomic mass is 32.2. The number of aryl methyl sites for hydroxylation is 1. The molecule has 7 heteroatoms. The molecule has 0 atom stereocenters. The topological polar surface area (TPSA) is 63.6 Å². The van der Waals surface area contributed by atoms with Gasteiger partial charge in [-0.2, -0.15) is 0 Å². The minimum Gasteiger partial charge on any atom is -0.370 e. The van der Waals surface area contributed by atoms with E-state index in [4.69, 9.17) is 0 Å². The summed E-state index contributed by atoms with van der Waals surface area (Å²) >= 11 is 3.09. The van der Waals surface area contributed by atoms with Crippen LogP contribution in [0.15, 0.2) is 14.9 Å². The largest absolute Gasteiger partial charge is 0.370 e. The maximum absolute atomic E-state index is 4.66. The van der Waals surface area contributed by atoms with E-state index in [9.17, 15) is 0 Å². The van der Waals surface area contributed by atoms with Gasteiger partial charge in [0.05, 0.1) is 0 Å². The van der Waals surface area contributed by atoms with Crippen LogP contribution < -0.4 is 5.32 Å². The van der Waals surface area contributed by atoms with Crippen LogP contribution in [0.1, 0.15) is 38.1 Å². The molecule has 0 bridgehead atoms. The van der Waals surface area contributed by atoms with Crippen molar-refractivity contribution >= 4 is 28.9 Å². The van der Waals surface area contributed by atoms with Crippen molar-refractivity contribution in [3.63, 3.8) is 0 Å². The van der Waals surface area contributed by atoms with Crippen molar-refractivity contribution in [2.75, 3.05) is 11.9 Å². The lowest BCUT2D eigenvalue weighted by Crippen LogP contribution is -2.08. The lowest BCUT2D eigenvalue weighted by atomic mass is 10.3. The summed E-state index contributed by atoms with van der Waals surface area (Å²) in [4.78, 5) is 9.28. The highest BCUT2D eigenvalue weighted by Gasteiger charge is 2.13. The molecule has 5 nitrogen and oxygen atoms in total. The van der Waals surface area contributed by atoms with E-state index < -0.39 is 0 Å². The molecule has 0 saturated carbocycles. The molecule has 0 aromatic carbocycles. The molecule has 2 aromatic rings. The number of nitrogens with zero attached hydrogens (tertiary/aromatic N) is 4. The highest BCUT2D eigenvalue weighted by Crippen LogP contribution is 2.32. The Labute approximate surface area is 127 Å². The first kappa shape index (κ1) is 15.2. The van der Waals surface area contributed by atoms with Crippen LogP contribution in [-0.2, 0) is 6.42 Å². The molecule has 0 radical (unpaired) electrons. The fourth-order valence-electron chi connectivity index (χ4n) is 1.68. The van der Waals surface area contributed by atoms with Crippen molar-refractivity contribution in [2.45, 2.75) is 49.4 Å². The average molecular weight is 309 g/mol. The second-order valence-corrected chi connectivity index (χ2v) is 6.47. The molecular formula is C13H19N5S2.